The predicted molar refractivity (Wildman–Crippen MR) is 109 cm³/mol. The highest BCUT2D eigenvalue weighted by molar-refractivity contribution is 5.73. The van der Waals surface area contributed by atoms with Gasteiger partial charge in [0.2, 0.25) is 0 Å². The summed E-state index contributed by atoms with van der Waals surface area (Å²) in [7, 11) is 0. The molecule has 0 bridgehead atoms. The van der Waals surface area contributed by atoms with Crippen LogP contribution in [0.2, 0.25) is 0 Å². The van der Waals surface area contributed by atoms with Gasteiger partial charge >= 0.3 is 6.09 Å². The van der Waals surface area contributed by atoms with Crippen LogP contribution in [0.3, 0.4) is 0 Å². The van der Waals surface area contributed by atoms with Gasteiger partial charge in [0.05, 0.1) is 0 Å². The van der Waals surface area contributed by atoms with Crippen molar-refractivity contribution in [3.05, 3.63) is 70.3 Å². The zero-order chi connectivity index (χ0) is 19.2. The highest BCUT2D eigenvalue weighted by Gasteiger charge is 2.15. The molecule has 0 aliphatic rings. The molecule has 1 N–H and O–H groups in total. The van der Waals surface area contributed by atoms with E-state index >= 15 is 0 Å². The van der Waals surface area contributed by atoms with Gasteiger partial charge in [0.1, 0.15) is 5.60 Å². The molecule has 0 heterocycles. The molecule has 26 heavy (non-hydrogen) atoms. The smallest absolute Gasteiger partial charge is 0.407 e. The second-order valence-corrected chi connectivity index (χ2v) is 7.56. The van der Waals surface area contributed by atoms with Crippen LogP contribution in [0.25, 0.3) is 12.2 Å². The Bertz CT molecular complexity index is 765. The maximum absolute atomic E-state index is 11.7. The van der Waals surface area contributed by atoms with Gasteiger partial charge in [0.15, 0.2) is 0 Å². The molecule has 0 aliphatic carbocycles. The first-order chi connectivity index (χ1) is 12.2. The summed E-state index contributed by atoms with van der Waals surface area (Å²) in [5, 5.41) is 2.80. The quantitative estimate of drug-likeness (QED) is 0.718. The zero-order valence-corrected chi connectivity index (χ0v) is 16.4. The van der Waals surface area contributed by atoms with Crippen molar-refractivity contribution in [2.24, 2.45) is 0 Å². The third-order valence-electron chi connectivity index (χ3n) is 4.02. The molecular weight excluding hydrogens is 322 g/mol. The third kappa shape index (κ3) is 6.40. The van der Waals surface area contributed by atoms with Gasteiger partial charge in [-0.3, -0.25) is 0 Å². The Hall–Kier alpha value is -2.55. The maximum Gasteiger partial charge on any atom is 0.407 e. The fraction of sp³-hybridized carbons (Fsp3) is 0.348. The third-order valence-corrected chi connectivity index (χ3v) is 4.02. The highest BCUT2D eigenvalue weighted by Crippen LogP contribution is 2.17. The molecule has 0 aliphatic heterocycles. The zero-order valence-electron chi connectivity index (χ0n) is 16.4. The van der Waals surface area contributed by atoms with Crippen LogP contribution in [0, 0.1) is 13.8 Å². The van der Waals surface area contributed by atoms with Crippen molar-refractivity contribution in [1.82, 2.24) is 5.32 Å². The lowest BCUT2D eigenvalue weighted by atomic mass is 10.0. The normalized spacial score (nSPS) is 11.6. The SMILES string of the molecule is Cc1cccc(C)c1C=Cc1cccc(CCNC(=O)OC(C)(C)C)c1. The first-order valence-electron chi connectivity index (χ1n) is 9.05. The van der Waals surface area contributed by atoms with Crippen LogP contribution in [0.5, 0.6) is 0 Å². The second-order valence-electron chi connectivity index (χ2n) is 7.56. The monoisotopic (exact) mass is 351 g/mol. The minimum Gasteiger partial charge on any atom is -0.444 e. The van der Waals surface area contributed by atoms with E-state index in [0.717, 1.165) is 12.0 Å². The van der Waals surface area contributed by atoms with Crippen LogP contribution in [-0.2, 0) is 11.2 Å². The number of alkyl carbamates (subject to hydrolysis) is 1. The number of aryl methyl sites for hydroxylation is 2. The molecule has 1 amide bonds. The van der Waals surface area contributed by atoms with Crippen LogP contribution in [-0.4, -0.2) is 18.2 Å². The van der Waals surface area contributed by atoms with Gasteiger partial charge in [-0.05, 0) is 68.9 Å². The molecule has 2 aromatic rings. The number of benzene rings is 2. The fourth-order valence-electron chi connectivity index (χ4n) is 2.75. The molecule has 0 spiro atoms. The van der Waals surface area contributed by atoms with Crippen molar-refractivity contribution < 1.29 is 9.53 Å². The summed E-state index contributed by atoms with van der Waals surface area (Å²) in [6, 6.07) is 14.7. The van der Waals surface area contributed by atoms with E-state index < -0.39 is 5.60 Å². The van der Waals surface area contributed by atoms with Crippen molar-refractivity contribution in [3.63, 3.8) is 0 Å². The average molecular weight is 351 g/mol. The Morgan fingerprint density at radius 3 is 2.35 bits per heavy atom. The molecule has 0 saturated heterocycles. The summed E-state index contributed by atoms with van der Waals surface area (Å²) >= 11 is 0. The van der Waals surface area contributed by atoms with Crippen LogP contribution < -0.4 is 5.32 Å². The molecule has 0 aromatic heterocycles. The first kappa shape index (κ1) is 19.8. The lowest BCUT2D eigenvalue weighted by Crippen LogP contribution is -2.33. The van der Waals surface area contributed by atoms with Gasteiger partial charge in [-0.15, -0.1) is 0 Å². The van der Waals surface area contributed by atoms with Crippen molar-refractivity contribution in [1.29, 1.82) is 0 Å². The van der Waals surface area contributed by atoms with Gasteiger partial charge in [-0.2, -0.15) is 0 Å². The summed E-state index contributed by atoms with van der Waals surface area (Å²) in [5.74, 6) is 0. The highest BCUT2D eigenvalue weighted by atomic mass is 16.6. The number of nitrogens with one attached hydrogen (secondary N) is 1. The van der Waals surface area contributed by atoms with E-state index in [1.54, 1.807) is 0 Å². The minimum absolute atomic E-state index is 0.372. The van der Waals surface area contributed by atoms with E-state index in [4.69, 9.17) is 4.74 Å². The summed E-state index contributed by atoms with van der Waals surface area (Å²) in [6.45, 7) is 10.4. The largest absolute Gasteiger partial charge is 0.444 e. The topological polar surface area (TPSA) is 38.3 Å². The van der Waals surface area contributed by atoms with Gasteiger partial charge in [-0.1, -0.05) is 54.6 Å². The molecule has 138 valence electrons. The molecule has 0 saturated carbocycles. The van der Waals surface area contributed by atoms with Gasteiger partial charge in [-0.25, -0.2) is 4.79 Å². The summed E-state index contributed by atoms with van der Waals surface area (Å²) in [5.41, 5.74) is 5.69. The Balaban J connectivity index is 1.96. The van der Waals surface area contributed by atoms with Crippen LogP contribution in [0.15, 0.2) is 42.5 Å². The molecule has 2 rings (SSSR count). The van der Waals surface area contributed by atoms with Crippen molar-refractivity contribution in [2.45, 2.75) is 46.6 Å². The minimum atomic E-state index is -0.470. The van der Waals surface area contributed by atoms with E-state index in [-0.39, 0.29) is 6.09 Å². The van der Waals surface area contributed by atoms with Crippen molar-refractivity contribution in [3.8, 4) is 0 Å². The first-order valence-corrected chi connectivity index (χ1v) is 9.05. The molecule has 2 aromatic carbocycles. The Morgan fingerprint density at radius 2 is 1.69 bits per heavy atom. The number of hydrogen-bond donors (Lipinski definition) is 1. The van der Waals surface area contributed by atoms with Gasteiger partial charge in [0, 0.05) is 6.54 Å². The number of carbonyl (C=O) groups excluding carboxylic acids is 1. The van der Waals surface area contributed by atoms with E-state index in [9.17, 15) is 4.79 Å². The van der Waals surface area contributed by atoms with Crippen LogP contribution >= 0.6 is 0 Å². The van der Waals surface area contributed by atoms with E-state index in [1.807, 2.05) is 26.8 Å². The maximum atomic E-state index is 11.7. The molecule has 0 unspecified atom stereocenters. The summed E-state index contributed by atoms with van der Waals surface area (Å²) in [6.07, 6.45) is 4.70. The lowest BCUT2D eigenvalue weighted by molar-refractivity contribution is 0.0528. The van der Waals surface area contributed by atoms with Crippen molar-refractivity contribution >= 4 is 18.2 Å². The van der Waals surface area contributed by atoms with Crippen molar-refractivity contribution in [2.75, 3.05) is 6.54 Å². The molecule has 3 heteroatoms. The number of hydrogen-bond acceptors (Lipinski definition) is 2. The Morgan fingerprint density at radius 1 is 1.04 bits per heavy atom. The molecule has 0 atom stereocenters. The lowest BCUT2D eigenvalue weighted by Gasteiger charge is -2.19. The van der Waals surface area contributed by atoms with E-state index in [1.165, 1.54) is 22.3 Å². The van der Waals surface area contributed by atoms with E-state index in [0.29, 0.717) is 6.54 Å². The molecular formula is C23H29NO2. The number of amides is 1. The summed E-state index contributed by atoms with van der Waals surface area (Å²) < 4.78 is 5.25. The van der Waals surface area contributed by atoms with Gasteiger partial charge < -0.3 is 10.1 Å². The van der Waals surface area contributed by atoms with Crippen LogP contribution in [0.1, 0.15) is 48.6 Å². The molecule has 3 nitrogen and oxygen atoms in total. The Labute approximate surface area is 157 Å². The predicted octanol–water partition coefficient (Wildman–Crippen LogP) is 5.54. The fourth-order valence-corrected chi connectivity index (χ4v) is 2.75. The Kier molecular flexibility index (Phi) is 6.62. The van der Waals surface area contributed by atoms with Gasteiger partial charge in [0.25, 0.3) is 0 Å². The second kappa shape index (κ2) is 8.70. The van der Waals surface area contributed by atoms with E-state index in [2.05, 4.69) is 67.7 Å². The molecule has 0 fully saturated rings. The average Bonchev–Trinajstić information content (AvgIpc) is 2.53. The van der Waals surface area contributed by atoms with Crippen LogP contribution in [0.4, 0.5) is 4.79 Å². The number of carbonyl (C=O) groups is 1. The standard InChI is InChI=1S/C23H29NO2/c1-17-8-6-9-18(2)21(17)13-12-19-10-7-11-20(16-19)14-15-24-22(25)26-23(3,4)5/h6-13,16H,14-15H2,1-5H3,(H,24,25). The summed E-state index contributed by atoms with van der Waals surface area (Å²) in [4.78, 5) is 11.7. The number of rotatable bonds is 5. The number of ether oxygens (including phenoxy) is 1. The molecule has 0 radical (unpaired) electrons.